The first kappa shape index (κ1) is 16.8. The summed E-state index contributed by atoms with van der Waals surface area (Å²) in [5.74, 6) is -0.253. The first-order valence-electron chi connectivity index (χ1n) is 7.56. The van der Waals surface area contributed by atoms with E-state index in [-0.39, 0.29) is 11.6 Å². The zero-order valence-electron chi connectivity index (χ0n) is 13.6. The van der Waals surface area contributed by atoms with Gasteiger partial charge in [-0.3, -0.25) is 19.8 Å². The molecular weight excluding hydrogens is 338 g/mol. The van der Waals surface area contributed by atoms with Gasteiger partial charge in [0.05, 0.1) is 10.6 Å². The molecule has 1 aliphatic rings. The van der Waals surface area contributed by atoms with Crippen molar-refractivity contribution in [3.05, 3.63) is 75.0 Å². The molecule has 0 atom stereocenters. The second kappa shape index (κ2) is 6.45. The van der Waals surface area contributed by atoms with E-state index in [9.17, 15) is 14.9 Å². The van der Waals surface area contributed by atoms with E-state index in [0.29, 0.717) is 16.4 Å². The molecule has 0 spiro atoms. The molecule has 1 fully saturated rings. The number of carbonyl (C=O) groups excluding carboxylic acids is 1. The summed E-state index contributed by atoms with van der Waals surface area (Å²) in [5.41, 5.74) is 3.80. The summed E-state index contributed by atoms with van der Waals surface area (Å²) >= 11 is 5.31. The average Bonchev–Trinajstić information content (AvgIpc) is 2.85. The van der Waals surface area contributed by atoms with Crippen molar-refractivity contribution < 1.29 is 9.72 Å². The van der Waals surface area contributed by atoms with E-state index in [1.807, 2.05) is 32.0 Å². The highest BCUT2D eigenvalue weighted by molar-refractivity contribution is 7.80. The smallest absolute Gasteiger partial charge is 0.281 e. The number of nitrogens with one attached hydrogen (secondary N) is 1. The molecule has 0 bridgehead atoms. The Morgan fingerprint density at radius 2 is 1.84 bits per heavy atom. The number of anilines is 1. The van der Waals surface area contributed by atoms with Crippen molar-refractivity contribution in [1.82, 2.24) is 5.32 Å². The zero-order chi connectivity index (χ0) is 18.1. The van der Waals surface area contributed by atoms with Gasteiger partial charge in [0.2, 0.25) is 0 Å². The molecule has 0 aliphatic carbocycles. The van der Waals surface area contributed by atoms with Crippen LogP contribution in [0.15, 0.2) is 48.2 Å². The lowest BCUT2D eigenvalue weighted by molar-refractivity contribution is -0.384. The Labute approximate surface area is 149 Å². The number of hydrogen-bond donors (Lipinski definition) is 1. The highest BCUT2D eigenvalue weighted by Crippen LogP contribution is 2.27. The molecule has 1 N–H and O–H groups in total. The average molecular weight is 353 g/mol. The summed E-state index contributed by atoms with van der Waals surface area (Å²) in [6, 6.07) is 11.7. The summed E-state index contributed by atoms with van der Waals surface area (Å²) in [7, 11) is 0. The van der Waals surface area contributed by atoms with Crippen molar-refractivity contribution in [2.24, 2.45) is 0 Å². The first-order chi connectivity index (χ1) is 11.9. The highest BCUT2D eigenvalue weighted by Gasteiger charge is 2.32. The highest BCUT2D eigenvalue weighted by atomic mass is 32.1. The Hall–Kier alpha value is -3.06. The van der Waals surface area contributed by atoms with Crippen LogP contribution < -0.4 is 10.2 Å². The van der Waals surface area contributed by atoms with Gasteiger partial charge in [-0.15, -0.1) is 0 Å². The van der Waals surface area contributed by atoms with Crippen LogP contribution in [0.5, 0.6) is 0 Å². The molecule has 1 amide bonds. The topological polar surface area (TPSA) is 75.5 Å². The molecule has 25 heavy (non-hydrogen) atoms. The third-order valence-electron chi connectivity index (χ3n) is 4.11. The lowest BCUT2D eigenvalue weighted by Crippen LogP contribution is -2.31. The number of nitro benzene ring substituents is 1. The molecule has 2 aromatic rings. The van der Waals surface area contributed by atoms with Crippen LogP contribution in [0.4, 0.5) is 11.4 Å². The van der Waals surface area contributed by atoms with Crippen LogP contribution in [0.3, 0.4) is 0 Å². The summed E-state index contributed by atoms with van der Waals surface area (Å²) < 4.78 is 0. The number of benzene rings is 2. The van der Waals surface area contributed by atoms with Gasteiger partial charge in [0.1, 0.15) is 5.70 Å². The molecule has 1 saturated heterocycles. The largest absolute Gasteiger partial charge is 0.327 e. The minimum Gasteiger partial charge on any atom is -0.327 e. The van der Waals surface area contributed by atoms with Gasteiger partial charge in [-0.05, 0) is 67.0 Å². The van der Waals surface area contributed by atoms with E-state index in [1.165, 1.54) is 17.0 Å². The van der Waals surface area contributed by atoms with Crippen LogP contribution in [-0.4, -0.2) is 15.9 Å². The van der Waals surface area contributed by atoms with Gasteiger partial charge >= 0.3 is 0 Å². The Kier molecular flexibility index (Phi) is 4.33. The molecule has 0 radical (unpaired) electrons. The molecule has 0 aromatic heterocycles. The Morgan fingerprint density at radius 1 is 1.16 bits per heavy atom. The van der Waals surface area contributed by atoms with Crippen molar-refractivity contribution in [2.75, 3.05) is 4.90 Å². The molecular formula is C18H15N3O3S. The number of aryl methyl sites for hydroxylation is 1. The van der Waals surface area contributed by atoms with Gasteiger partial charge in [-0.2, -0.15) is 0 Å². The Bertz CT molecular complexity index is 920. The number of rotatable bonds is 3. The van der Waals surface area contributed by atoms with Gasteiger partial charge < -0.3 is 5.32 Å². The summed E-state index contributed by atoms with van der Waals surface area (Å²) in [5, 5.41) is 13.9. The lowest BCUT2D eigenvalue weighted by Gasteiger charge is -2.17. The second-order valence-corrected chi connectivity index (χ2v) is 6.08. The molecule has 1 aliphatic heterocycles. The van der Waals surface area contributed by atoms with E-state index in [2.05, 4.69) is 5.32 Å². The zero-order valence-corrected chi connectivity index (χ0v) is 14.5. The van der Waals surface area contributed by atoms with Crippen molar-refractivity contribution in [3.63, 3.8) is 0 Å². The molecule has 126 valence electrons. The summed E-state index contributed by atoms with van der Waals surface area (Å²) in [6.45, 7) is 3.92. The minimum absolute atomic E-state index is 0.000362. The number of thiocarbonyl (C=S) groups is 1. The second-order valence-electron chi connectivity index (χ2n) is 5.70. The Balaban J connectivity index is 1.93. The van der Waals surface area contributed by atoms with E-state index in [4.69, 9.17) is 12.2 Å². The van der Waals surface area contributed by atoms with E-state index < -0.39 is 4.92 Å². The van der Waals surface area contributed by atoms with E-state index in [0.717, 1.165) is 16.8 Å². The molecule has 0 unspecified atom stereocenters. The fourth-order valence-electron chi connectivity index (χ4n) is 2.59. The number of nitro groups is 1. The van der Waals surface area contributed by atoms with Crippen LogP contribution in [0.2, 0.25) is 0 Å². The summed E-state index contributed by atoms with van der Waals surface area (Å²) in [4.78, 5) is 24.5. The predicted molar refractivity (Wildman–Crippen MR) is 100 cm³/mol. The normalized spacial score (nSPS) is 15.6. The van der Waals surface area contributed by atoms with Crippen molar-refractivity contribution in [2.45, 2.75) is 13.8 Å². The third kappa shape index (κ3) is 3.14. The standard InChI is InChI=1S/C18H15N3O3S/c1-11-4-3-5-16(12(11)2)20-17(22)15(19-18(20)25)10-13-6-8-14(9-7-13)21(23)24/h3-10H,1-2H3,(H,19,25)/b15-10+. The fourth-order valence-corrected chi connectivity index (χ4v) is 2.88. The van der Waals surface area contributed by atoms with Crippen LogP contribution in [0.1, 0.15) is 16.7 Å². The van der Waals surface area contributed by atoms with Gasteiger partial charge in [0, 0.05) is 12.1 Å². The van der Waals surface area contributed by atoms with Crippen LogP contribution >= 0.6 is 12.2 Å². The quantitative estimate of drug-likeness (QED) is 0.396. The van der Waals surface area contributed by atoms with Crippen LogP contribution in [0.25, 0.3) is 6.08 Å². The molecule has 6 nitrogen and oxygen atoms in total. The van der Waals surface area contributed by atoms with Crippen molar-refractivity contribution >= 4 is 40.7 Å². The van der Waals surface area contributed by atoms with Gasteiger partial charge in [0.25, 0.3) is 11.6 Å². The maximum atomic E-state index is 12.8. The number of amides is 1. The van der Waals surface area contributed by atoms with Gasteiger partial charge in [-0.25, -0.2) is 0 Å². The van der Waals surface area contributed by atoms with Crippen LogP contribution in [-0.2, 0) is 4.79 Å². The maximum absolute atomic E-state index is 12.8. The fraction of sp³-hybridized carbons (Fsp3) is 0.111. The Morgan fingerprint density at radius 3 is 2.48 bits per heavy atom. The third-order valence-corrected chi connectivity index (χ3v) is 4.39. The SMILES string of the molecule is Cc1cccc(N2C(=O)/C(=C\c3ccc([N+](=O)[O-])cc3)NC2=S)c1C. The predicted octanol–water partition coefficient (Wildman–Crippen LogP) is 3.47. The van der Waals surface area contributed by atoms with E-state index >= 15 is 0 Å². The first-order valence-corrected chi connectivity index (χ1v) is 7.97. The number of carbonyl (C=O) groups is 1. The number of hydrogen-bond acceptors (Lipinski definition) is 4. The van der Waals surface area contributed by atoms with E-state index in [1.54, 1.807) is 18.2 Å². The van der Waals surface area contributed by atoms with Crippen molar-refractivity contribution in [1.29, 1.82) is 0 Å². The summed E-state index contributed by atoms with van der Waals surface area (Å²) in [6.07, 6.45) is 1.63. The number of non-ortho nitro benzene ring substituents is 1. The minimum atomic E-state index is -0.465. The lowest BCUT2D eigenvalue weighted by atomic mass is 10.1. The van der Waals surface area contributed by atoms with Crippen LogP contribution in [0, 0.1) is 24.0 Å². The molecule has 3 rings (SSSR count). The molecule has 0 saturated carbocycles. The van der Waals surface area contributed by atoms with Gasteiger partial charge in [-0.1, -0.05) is 12.1 Å². The molecule has 7 heteroatoms. The maximum Gasteiger partial charge on any atom is 0.281 e. The molecule has 1 heterocycles. The van der Waals surface area contributed by atoms with Gasteiger partial charge in [0.15, 0.2) is 5.11 Å². The molecule has 2 aromatic carbocycles. The number of nitrogens with zero attached hydrogens (tertiary/aromatic N) is 2. The van der Waals surface area contributed by atoms with Crippen molar-refractivity contribution in [3.8, 4) is 0 Å². The monoisotopic (exact) mass is 353 g/mol.